The smallest absolute Gasteiger partial charge is 0.238 e. The normalized spacial score (nSPS) is 33.6. The van der Waals surface area contributed by atoms with Crippen LogP contribution in [0.2, 0.25) is 0 Å². The van der Waals surface area contributed by atoms with Crippen LogP contribution in [-0.4, -0.2) is 11.8 Å². The molecule has 1 aliphatic heterocycles. The average molecular weight is 337 g/mol. The summed E-state index contributed by atoms with van der Waals surface area (Å²) < 4.78 is 13.2. The van der Waals surface area contributed by atoms with Gasteiger partial charge in [0.15, 0.2) is 0 Å². The first kappa shape index (κ1) is 15.1. The Morgan fingerprint density at radius 2 is 1.40 bits per heavy atom. The highest BCUT2D eigenvalue weighted by molar-refractivity contribution is 6.23. The number of halogens is 1. The lowest BCUT2D eigenvalue weighted by Crippen LogP contribution is -2.33. The molecule has 4 heteroatoms. The lowest BCUT2D eigenvalue weighted by Gasteiger charge is -2.23. The molecule has 1 saturated heterocycles. The summed E-state index contributed by atoms with van der Waals surface area (Å²) in [5, 5.41) is 0. The van der Waals surface area contributed by atoms with E-state index in [-0.39, 0.29) is 41.3 Å². The molecule has 3 aliphatic carbocycles. The van der Waals surface area contributed by atoms with E-state index in [1.165, 1.54) is 59.6 Å². The fourth-order valence-corrected chi connectivity index (χ4v) is 5.35. The SMILES string of the molecule is O=C1[C@@H]2[C@H](C(=O)N1c1ccc(F)cc1)[C@@H]1C=C[C@@H]2C1=C1CCCCC1. The summed E-state index contributed by atoms with van der Waals surface area (Å²) in [7, 11) is 0. The van der Waals surface area contributed by atoms with Crippen molar-refractivity contribution in [2.24, 2.45) is 23.7 Å². The Hall–Kier alpha value is -2.23. The van der Waals surface area contributed by atoms with Gasteiger partial charge >= 0.3 is 0 Å². The molecule has 2 bridgehead atoms. The second kappa shape index (κ2) is 5.38. The van der Waals surface area contributed by atoms with Crippen molar-refractivity contribution < 1.29 is 14.0 Å². The van der Waals surface area contributed by atoms with E-state index < -0.39 is 0 Å². The van der Waals surface area contributed by atoms with E-state index in [0.717, 1.165) is 12.8 Å². The van der Waals surface area contributed by atoms with E-state index in [2.05, 4.69) is 12.2 Å². The molecule has 4 atom stereocenters. The molecule has 3 fully saturated rings. The molecule has 0 N–H and O–H groups in total. The zero-order chi connectivity index (χ0) is 17.1. The predicted octanol–water partition coefficient (Wildman–Crippen LogP) is 4.01. The maximum Gasteiger partial charge on any atom is 0.238 e. The molecular weight excluding hydrogens is 317 g/mol. The fourth-order valence-electron chi connectivity index (χ4n) is 5.35. The van der Waals surface area contributed by atoms with Crippen molar-refractivity contribution in [1.29, 1.82) is 0 Å². The average Bonchev–Trinajstić information content (AvgIpc) is 3.27. The number of carbonyl (C=O) groups is 2. The van der Waals surface area contributed by atoms with Crippen LogP contribution in [0, 0.1) is 29.5 Å². The first-order chi connectivity index (χ1) is 12.2. The molecule has 5 rings (SSSR count). The molecule has 1 aromatic carbocycles. The van der Waals surface area contributed by atoms with Gasteiger partial charge in [-0.05, 0) is 49.9 Å². The van der Waals surface area contributed by atoms with Crippen molar-refractivity contribution in [2.45, 2.75) is 32.1 Å². The largest absolute Gasteiger partial charge is 0.274 e. The van der Waals surface area contributed by atoms with E-state index in [1.54, 1.807) is 0 Å². The highest BCUT2D eigenvalue weighted by atomic mass is 19.1. The van der Waals surface area contributed by atoms with Crippen LogP contribution in [-0.2, 0) is 9.59 Å². The molecular formula is C21H20FNO2. The third-order valence-electron chi connectivity index (χ3n) is 6.37. The van der Waals surface area contributed by atoms with Crippen LogP contribution in [0.25, 0.3) is 0 Å². The lowest BCUT2D eigenvalue weighted by atomic mass is 9.85. The van der Waals surface area contributed by atoms with Gasteiger partial charge in [0.1, 0.15) is 5.82 Å². The number of carbonyl (C=O) groups excluding carboxylic acids is 2. The van der Waals surface area contributed by atoms with Crippen molar-refractivity contribution in [3.8, 4) is 0 Å². The highest BCUT2D eigenvalue weighted by Gasteiger charge is 2.62. The van der Waals surface area contributed by atoms with E-state index in [9.17, 15) is 14.0 Å². The molecule has 4 aliphatic rings. The quantitative estimate of drug-likeness (QED) is 0.574. The Bertz CT molecular complexity index is 781. The van der Waals surface area contributed by atoms with Gasteiger partial charge in [-0.2, -0.15) is 0 Å². The molecule has 0 spiro atoms. The monoisotopic (exact) mass is 337 g/mol. The number of benzene rings is 1. The van der Waals surface area contributed by atoms with Crippen LogP contribution < -0.4 is 4.90 Å². The van der Waals surface area contributed by atoms with E-state index in [1.807, 2.05) is 0 Å². The van der Waals surface area contributed by atoms with Gasteiger partial charge in [-0.25, -0.2) is 9.29 Å². The van der Waals surface area contributed by atoms with Crippen molar-refractivity contribution in [3.63, 3.8) is 0 Å². The summed E-state index contributed by atoms with van der Waals surface area (Å²) in [6.07, 6.45) is 10.2. The topological polar surface area (TPSA) is 37.4 Å². The summed E-state index contributed by atoms with van der Waals surface area (Å²) in [5.74, 6) is -0.960. The molecule has 25 heavy (non-hydrogen) atoms. The Morgan fingerprint density at radius 1 is 0.840 bits per heavy atom. The zero-order valence-electron chi connectivity index (χ0n) is 14.0. The van der Waals surface area contributed by atoms with Gasteiger partial charge in [0.2, 0.25) is 11.8 Å². The van der Waals surface area contributed by atoms with Gasteiger partial charge in [-0.1, -0.05) is 29.7 Å². The predicted molar refractivity (Wildman–Crippen MR) is 92.1 cm³/mol. The van der Waals surface area contributed by atoms with Crippen LogP contribution in [0.15, 0.2) is 47.6 Å². The molecule has 128 valence electrons. The van der Waals surface area contributed by atoms with Gasteiger partial charge in [0, 0.05) is 11.8 Å². The number of fused-ring (bicyclic) bond motifs is 5. The Morgan fingerprint density at radius 3 is 1.96 bits per heavy atom. The summed E-state index contributed by atoms with van der Waals surface area (Å²) >= 11 is 0. The Labute approximate surface area is 146 Å². The number of rotatable bonds is 1. The van der Waals surface area contributed by atoms with Crippen LogP contribution in [0.4, 0.5) is 10.1 Å². The molecule has 1 heterocycles. The third kappa shape index (κ3) is 2.03. The van der Waals surface area contributed by atoms with Crippen molar-refractivity contribution in [2.75, 3.05) is 4.90 Å². The van der Waals surface area contributed by atoms with Gasteiger partial charge in [-0.15, -0.1) is 0 Å². The maximum absolute atomic E-state index is 13.2. The van der Waals surface area contributed by atoms with Crippen molar-refractivity contribution in [3.05, 3.63) is 53.4 Å². The molecule has 2 amide bonds. The van der Waals surface area contributed by atoms with Gasteiger partial charge in [0.25, 0.3) is 0 Å². The zero-order valence-corrected chi connectivity index (χ0v) is 14.0. The minimum Gasteiger partial charge on any atom is -0.274 e. The van der Waals surface area contributed by atoms with Crippen LogP contribution in [0.5, 0.6) is 0 Å². The summed E-state index contributed by atoms with van der Waals surface area (Å²) in [4.78, 5) is 27.4. The highest BCUT2D eigenvalue weighted by Crippen LogP contribution is 2.58. The molecule has 0 radical (unpaired) electrons. The Balaban J connectivity index is 1.52. The van der Waals surface area contributed by atoms with Crippen LogP contribution in [0.3, 0.4) is 0 Å². The first-order valence-corrected chi connectivity index (χ1v) is 9.20. The minimum atomic E-state index is -0.367. The molecule has 0 unspecified atom stereocenters. The maximum atomic E-state index is 13.2. The number of nitrogens with zero attached hydrogens (tertiary/aromatic N) is 1. The number of hydrogen-bond donors (Lipinski definition) is 0. The van der Waals surface area contributed by atoms with Crippen LogP contribution in [0.1, 0.15) is 32.1 Å². The van der Waals surface area contributed by atoms with E-state index >= 15 is 0 Å². The van der Waals surface area contributed by atoms with E-state index in [4.69, 9.17) is 0 Å². The minimum absolute atomic E-state index is 0.0880. The standard InChI is InChI=1S/C21H20FNO2/c22-13-6-8-14(9-7-13)23-20(24)18-15-10-11-16(19(18)21(23)25)17(15)12-4-2-1-3-5-12/h6-11,15-16,18-19H,1-5H2/t15-,16-,18-,19+/m1/s1. The molecule has 0 aromatic heterocycles. The van der Waals surface area contributed by atoms with Gasteiger partial charge in [0.05, 0.1) is 17.5 Å². The van der Waals surface area contributed by atoms with Crippen molar-refractivity contribution >= 4 is 17.5 Å². The second-order valence-corrected chi connectivity index (χ2v) is 7.60. The number of hydrogen-bond acceptors (Lipinski definition) is 2. The molecule has 2 saturated carbocycles. The van der Waals surface area contributed by atoms with Gasteiger partial charge < -0.3 is 0 Å². The lowest BCUT2D eigenvalue weighted by molar-refractivity contribution is -0.122. The number of anilines is 1. The second-order valence-electron chi connectivity index (χ2n) is 7.60. The third-order valence-corrected chi connectivity index (χ3v) is 6.37. The number of allylic oxidation sites excluding steroid dienone is 4. The summed E-state index contributed by atoms with van der Waals surface area (Å²) in [6.45, 7) is 0. The number of imide groups is 1. The first-order valence-electron chi connectivity index (χ1n) is 9.20. The van der Waals surface area contributed by atoms with E-state index in [0.29, 0.717) is 5.69 Å². The van der Waals surface area contributed by atoms with Crippen LogP contribution >= 0.6 is 0 Å². The summed E-state index contributed by atoms with van der Waals surface area (Å²) in [5.41, 5.74) is 3.35. The molecule has 1 aromatic rings. The van der Waals surface area contributed by atoms with Gasteiger partial charge in [-0.3, -0.25) is 9.59 Å². The fraction of sp³-hybridized carbons (Fsp3) is 0.429. The van der Waals surface area contributed by atoms with Crippen molar-refractivity contribution in [1.82, 2.24) is 0 Å². The molecule has 3 nitrogen and oxygen atoms in total. The number of amides is 2. The summed E-state index contributed by atoms with van der Waals surface area (Å²) in [6, 6.07) is 5.63. The Kier molecular flexibility index (Phi) is 3.24.